The molecule has 1 aromatic carbocycles. The first-order valence-electron chi connectivity index (χ1n) is 7.41. The predicted octanol–water partition coefficient (Wildman–Crippen LogP) is 2.94. The lowest BCUT2D eigenvalue weighted by molar-refractivity contribution is 0.575. The van der Waals surface area contributed by atoms with Gasteiger partial charge in [0.1, 0.15) is 0 Å². The fourth-order valence-electron chi connectivity index (χ4n) is 2.46. The van der Waals surface area contributed by atoms with E-state index in [1.807, 2.05) is 19.9 Å². The largest absolute Gasteiger partial charge is 0.313 e. The molecule has 0 bridgehead atoms. The maximum Gasteiger partial charge on any atom is 0.241 e. The van der Waals surface area contributed by atoms with E-state index in [9.17, 15) is 8.42 Å². The van der Waals surface area contributed by atoms with Gasteiger partial charge in [-0.2, -0.15) is 0 Å². The Labute approximate surface area is 135 Å². The van der Waals surface area contributed by atoms with Gasteiger partial charge in [-0.15, -0.1) is 0 Å². The van der Waals surface area contributed by atoms with Gasteiger partial charge in [0, 0.05) is 17.1 Å². The van der Waals surface area contributed by atoms with Crippen LogP contribution in [-0.4, -0.2) is 21.0 Å². The van der Waals surface area contributed by atoms with Gasteiger partial charge in [0.25, 0.3) is 0 Å². The molecule has 0 radical (unpaired) electrons. The van der Waals surface area contributed by atoms with Crippen molar-refractivity contribution in [3.05, 3.63) is 27.7 Å². The molecule has 2 N–H and O–H groups in total. The van der Waals surface area contributed by atoms with Gasteiger partial charge in [0.2, 0.25) is 10.0 Å². The lowest BCUT2D eigenvalue weighted by Gasteiger charge is -2.13. The van der Waals surface area contributed by atoms with Crippen molar-refractivity contribution in [2.75, 3.05) is 6.54 Å². The average Bonchev–Trinajstić information content (AvgIpc) is 3.17. The Balaban J connectivity index is 2.26. The SMILES string of the molecule is CCNCc1cc(Br)c(C)c(S(=O)(=O)NC2CC2CC)c1. The number of benzene rings is 1. The third kappa shape index (κ3) is 4.06. The first-order valence-corrected chi connectivity index (χ1v) is 9.68. The molecule has 2 unspecified atom stereocenters. The van der Waals surface area contributed by atoms with Gasteiger partial charge in [0.15, 0.2) is 0 Å². The van der Waals surface area contributed by atoms with Crippen LogP contribution in [0.4, 0.5) is 0 Å². The van der Waals surface area contributed by atoms with E-state index in [1.54, 1.807) is 6.07 Å². The molecule has 1 aliphatic carbocycles. The van der Waals surface area contributed by atoms with E-state index in [1.165, 1.54) is 0 Å². The summed E-state index contributed by atoms with van der Waals surface area (Å²) in [5, 5.41) is 3.22. The summed E-state index contributed by atoms with van der Waals surface area (Å²) in [6, 6.07) is 3.85. The molecule has 118 valence electrons. The first kappa shape index (κ1) is 16.9. The molecular weight excluding hydrogens is 352 g/mol. The minimum Gasteiger partial charge on any atom is -0.313 e. The molecule has 2 atom stereocenters. The zero-order valence-electron chi connectivity index (χ0n) is 12.7. The highest BCUT2D eigenvalue weighted by Crippen LogP contribution is 2.35. The number of halogens is 1. The highest BCUT2D eigenvalue weighted by molar-refractivity contribution is 9.10. The van der Waals surface area contributed by atoms with Gasteiger partial charge in [0.05, 0.1) is 4.90 Å². The minimum absolute atomic E-state index is 0.107. The fraction of sp³-hybridized carbons (Fsp3) is 0.600. The van der Waals surface area contributed by atoms with E-state index < -0.39 is 10.0 Å². The molecule has 1 saturated carbocycles. The van der Waals surface area contributed by atoms with Crippen molar-refractivity contribution < 1.29 is 8.42 Å². The zero-order valence-corrected chi connectivity index (χ0v) is 15.1. The first-order chi connectivity index (χ1) is 9.89. The van der Waals surface area contributed by atoms with E-state index >= 15 is 0 Å². The van der Waals surface area contributed by atoms with Crippen LogP contribution in [0.25, 0.3) is 0 Å². The summed E-state index contributed by atoms with van der Waals surface area (Å²) in [6.07, 6.45) is 1.98. The fourth-order valence-corrected chi connectivity index (χ4v) is 4.74. The molecule has 1 aliphatic rings. The van der Waals surface area contributed by atoms with Crippen LogP contribution in [0.3, 0.4) is 0 Å². The number of sulfonamides is 1. The Kier molecular flexibility index (Phi) is 5.46. The van der Waals surface area contributed by atoms with Crippen molar-refractivity contribution in [2.45, 2.75) is 51.1 Å². The molecule has 0 saturated heterocycles. The van der Waals surface area contributed by atoms with E-state index in [0.717, 1.165) is 35.0 Å². The summed E-state index contributed by atoms with van der Waals surface area (Å²) < 4.78 is 28.8. The van der Waals surface area contributed by atoms with Crippen molar-refractivity contribution in [2.24, 2.45) is 5.92 Å². The Morgan fingerprint density at radius 3 is 2.62 bits per heavy atom. The normalized spacial score (nSPS) is 21.5. The molecule has 1 aromatic rings. The average molecular weight is 375 g/mol. The molecule has 0 aliphatic heterocycles. The summed E-state index contributed by atoms with van der Waals surface area (Å²) in [7, 11) is -3.45. The Morgan fingerprint density at radius 1 is 1.33 bits per heavy atom. The molecule has 0 amide bonds. The molecule has 1 fully saturated rings. The molecular formula is C15H23BrN2O2S. The van der Waals surface area contributed by atoms with Crippen LogP contribution in [0.2, 0.25) is 0 Å². The maximum atomic E-state index is 12.6. The number of hydrogen-bond donors (Lipinski definition) is 2. The number of nitrogens with one attached hydrogen (secondary N) is 2. The van der Waals surface area contributed by atoms with Crippen LogP contribution in [0.1, 0.15) is 37.8 Å². The van der Waals surface area contributed by atoms with E-state index in [2.05, 4.69) is 32.9 Å². The third-order valence-electron chi connectivity index (χ3n) is 3.98. The van der Waals surface area contributed by atoms with Gasteiger partial charge in [-0.3, -0.25) is 0 Å². The Morgan fingerprint density at radius 2 is 2.05 bits per heavy atom. The summed E-state index contributed by atoms with van der Waals surface area (Å²) >= 11 is 3.47. The zero-order chi connectivity index (χ0) is 15.6. The predicted molar refractivity (Wildman–Crippen MR) is 88.8 cm³/mol. The summed E-state index contributed by atoms with van der Waals surface area (Å²) in [5.74, 6) is 0.494. The second kappa shape index (κ2) is 6.77. The van der Waals surface area contributed by atoms with Gasteiger partial charge >= 0.3 is 0 Å². The van der Waals surface area contributed by atoms with Crippen LogP contribution in [0.5, 0.6) is 0 Å². The molecule has 2 rings (SSSR count). The second-order valence-electron chi connectivity index (χ2n) is 5.61. The third-order valence-corrected chi connectivity index (χ3v) is 6.42. The van der Waals surface area contributed by atoms with Crippen molar-refractivity contribution in [1.82, 2.24) is 10.0 Å². The van der Waals surface area contributed by atoms with Crippen molar-refractivity contribution in [1.29, 1.82) is 0 Å². The van der Waals surface area contributed by atoms with Crippen LogP contribution in [-0.2, 0) is 16.6 Å². The topological polar surface area (TPSA) is 58.2 Å². The molecule has 0 spiro atoms. The Hall–Kier alpha value is -0.430. The monoisotopic (exact) mass is 374 g/mol. The molecule has 4 nitrogen and oxygen atoms in total. The van der Waals surface area contributed by atoms with Gasteiger partial charge in [-0.1, -0.05) is 36.2 Å². The quantitative estimate of drug-likeness (QED) is 0.771. The number of hydrogen-bond acceptors (Lipinski definition) is 3. The molecule has 21 heavy (non-hydrogen) atoms. The van der Waals surface area contributed by atoms with Crippen molar-refractivity contribution >= 4 is 26.0 Å². The minimum atomic E-state index is -3.45. The van der Waals surface area contributed by atoms with Crippen LogP contribution in [0.15, 0.2) is 21.5 Å². The van der Waals surface area contributed by atoms with Gasteiger partial charge < -0.3 is 5.32 Å². The highest BCUT2D eigenvalue weighted by atomic mass is 79.9. The summed E-state index contributed by atoms with van der Waals surface area (Å²) in [4.78, 5) is 0.381. The molecule has 6 heteroatoms. The molecule has 0 heterocycles. The van der Waals surface area contributed by atoms with Crippen LogP contribution >= 0.6 is 15.9 Å². The van der Waals surface area contributed by atoms with E-state index in [4.69, 9.17) is 0 Å². The van der Waals surface area contributed by atoms with E-state index in [0.29, 0.717) is 17.4 Å². The van der Waals surface area contributed by atoms with Crippen molar-refractivity contribution in [3.63, 3.8) is 0 Å². The second-order valence-corrected chi connectivity index (χ2v) is 8.15. The van der Waals surface area contributed by atoms with Crippen LogP contribution in [0, 0.1) is 12.8 Å². The lowest BCUT2D eigenvalue weighted by Crippen LogP contribution is -2.28. The van der Waals surface area contributed by atoms with Crippen molar-refractivity contribution in [3.8, 4) is 0 Å². The highest BCUT2D eigenvalue weighted by Gasteiger charge is 2.39. The van der Waals surface area contributed by atoms with Crippen LogP contribution < -0.4 is 10.0 Å². The Bertz CT molecular complexity index is 616. The smallest absolute Gasteiger partial charge is 0.241 e. The summed E-state index contributed by atoms with van der Waals surface area (Å²) in [6.45, 7) is 7.48. The standard InChI is InChI=1S/C15H23BrN2O2S/c1-4-12-8-14(12)18-21(19,20)15-7-11(9-17-5-2)6-13(16)10(15)3/h6-7,12,14,17-18H,4-5,8-9H2,1-3H3. The summed E-state index contributed by atoms with van der Waals surface area (Å²) in [5.41, 5.74) is 1.73. The molecule has 0 aromatic heterocycles. The van der Waals surface area contributed by atoms with E-state index in [-0.39, 0.29) is 6.04 Å². The van der Waals surface area contributed by atoms with Gasteiger partial charge in [-0.05, 0) is 49.1 Å². The lowest BCUT2D eigenvalue weighted by atomic mass is 10.1. The van der Waals surface area contributed by atoms with Gasteiger partial charge in [-0.25, -0.2) is 13.1 Å². The maximum absolute atomic E-state index is 12.6. The number of rotatable bonds is 7.